The molecular formula is C13H22N2O2. The second-order valence-electron chi connectivity index (χ2n) is 5.80. The van der Waals surface area contributed by atoms with Crippen LogP contribution in [0, 0.1) is 13.8 Å². The first kappa shape index (κ1) is 12.6. The predicted octanol–water partition coefficient (Wildman–Crippen LogP) is 2.64. The van der Waals surface area contributed by atoms with E-state index in [9.17, 15) is 0 Å². The van der Waals surface area contributed by atoms with Crippen LogP contribution in [0.1, 0.15) is 50.9 Å². The SMILES string of the molecule is Cc1nn(C)c(C)c1C1OC(C)(C)C(C)(C)O1. The maximum Gasteiger partial charge on any atom is 0.188 e. The van der Waals surface area contributed by atoms with Crippen LogP contribution >= 0.6 is 0 Å². The molecule has 1 saturated heterocycles. The summed E-state index contributed by atoms with van der Waals surface area (Å²) in [4.78, 5) is 0. The van der Waals surface area contributed by atoms with Gasteiger partial charge in [-0.05, 0) is 41.5 Å². The lowest BCUT2D eigenvalue weighted by molar-refractivity contribution is -0.0903. The van der Waals surface area contributed by atoms with Gasteiger partial charge in [-0.2, -0.15) is 5.10 Å². The highest BCUT2D eigenvalue weighted by molar-refractivity contribution is 5.27. The zero-order chi connectivity index (χ0) is 13.0. The lowest BCUT2D eigenvalue weighted by Crippen LogP contribution is -2.41. The number of hydrogen-bond donors (Lipinski definition) is 0. The molecular weight excluding hydrogens is 216 g/mol. The first-order chi connectivity index (χ1) is 7.66. The van der Waals surface area contributed by atoms with E-state index in [0.29, 0.717) is 0 Å². The molecule has 2 heterocycles. The van der Waals surface area contributed by atoms with Crippen molar-refractivity contribution >= 4 is 0 Å². The van der Waals surface area contributed by atoms with Crippen molar-refractivity contribution in [1.29, 1.82) is 0 Å². The Bertz CT molecular complexity index is 431. The quantitative estimate of drug-likeness (QED) is 0.754. The Morgan fingerprint density at radius 3 is 1.88 bits per heavy atom. The average Bonchev–Trinajstić information content (AvgIpc) is 2.49. The topological polar surface area (TPSA) is 36.3 Å². The van der Waals surface area contributed by atoms with Crippen molar-refractivity contribution in [1.82, 2.24) is 9.78 Å². The van der Waals surface area contributed by atoms with Crippen molar-refractivity contribution in [2.45, 2.75) is 59.0 Å². The molecule has 0 radical (unpaired) electrons. The maximum absolute atomic E-state index is 6.05. The van der Waals surface area contributed by atoms with E-state index in [4.69, 9.17) is 9.47 Å². The van der Waals surface area contributed by atoms with Gasteiger partial charge in [0.15, 0.2) is 6.29 Å². The lowest BCUT2D eigenvalue weighted by atomic mass is 9.90. The highest BCUT2D eigenvalue weighted by atomic mass is 16.7. The molecule has 1 aliphatic heterocycles. The Kier molecular flexibility index (Phi) is 2.64. The summed E-state index contributed by atoms with van der Waals surface area (Å²) < 4.78 is 14.0. The van der Waals surface area contributed by atoms with Crippen LogP contribution in [-0.2, 0) is 16.5 Å². The molecule has 1 fully saturated rings. The van der Waals surface area contributed by atoms with E-state index in [1.165, 1.54) is 0 Å². The van der Waals surface area contributed by atoms with Gasteiger partial charge in [0, 0.05) is 12.7 Å². The fourth-order valence-electron chi connectivity index (χ4n) is 2.09. The summed E-state index contributed by atoms with van der Waals surface area (Å²) in [6.45, 7) is 12.3. The molecule has 0 N–H and O–H groups in total. The van der Waals surface area contributed by atoms with Gasteiger partial charge < -0.3 is 9.47 Å². The summed E-state index contributed by atoms with van der Waals surface area (Å²) in [5.41, 5.74) is 2.54. The molecule has 1 aliphatic rings. The molecule has 0 unspecified atom stereocenters. The molecule has 1 aromatic heterocycles. The van der Waals surface area contributed by atoms with Crippen molar-refractivity contribution in [2.24, 2.45) is 7.05 Å². The second-order valence-corrected chi connectivity index (χ2v) is 5.80. The summed E-state index contributed by atoms with van der Waals surface area (Å²) in [6.07, 6.45) is -0.311. The number of aryl methyl sites for hydroxylation is 2. The fourth-order valence-corrected chi connectivity index (χ4v) is 2.09. The number of hydrogen-bond acceptors (Lipinski definition) is 3. The van der Waals surface area contributed by atoms with E-state index in [-0.39, 0.29) is 17.5 Å². The third-order valence-electron chi connectivity index (χ3n) is 4.05. The second kappa shape index (κ2) is 3.56. The van der Waals surface area contributed by atoms with E-state index in [2.05, 4.69) is 32.8 Å². The Hall–Kier alpha value is -0.870. The molecule has 0 amide bonds. The molecule has 0 saturated carbocycles. The largest absolute Gasteiger partial charge is 0.339 e. The van der Waals surface area contributed by atoms with Crippen LogP contribution in [0.2, 0.25) is 0 Å². The van der Waals surface area contributed by atoms with Crippen molar-refractivity contribution in [3.05, 3.63) is 17.0 Å². The van der Waals surface area contributed by atoms with Gasteiger partial charge in [-0.15, -0.1) is 0 Å². The van der Waals surface area contributed by atoms with Crippen molar-refractivity contribution in [3.8, 4) is 0 Å². The lowest BCUT2D eigenvalue weighted by Gasteiger charge is -2.30. The summed E-state index contributed by atoms with van der Waals surface area (Å²) in [7, 11) is 1.94. The summed E-state index contributed by atoms with van der Waals surface area (Å²) in [6, 6.07) is 0. The van der Waals surface area contributed by atoms with Crippen LogP contribution in [0.5, 0.6) is 0 Å². The van der Waals surface area contributed by atoms with Gasteiger partial charge in [0.05, 0.1) is 22.5 Å². The van der Waals surface area contributed by atoms with E-state index in [1.54, 1.807) is 0 Å². The number of aromatic nitrogens is 2. The minimum absolute atomic E-state index is 0.299. The van der Waals surface area contributed by atoms with E-state index in [1.807, 2.05) is 25.6 Å². The molecule has 4 heteroatoms. The van der Waals surface area contributed by atoms with Gasteiger partial charge in [-0.1, -0.05) is 0 Å². The monoisotopic (exact) mass is 238 g/mol. The van der Waals surface area contributed by atoms with Crippen LogP contribution < -0.4 is 0 Å². The highest BCUT2D eigenvalue weighted by Gasteiger charge is 2.50. The van der Waals surface area contributed by atoms with Gasteiger partial charge in [-0.25, -0.2) is 0 Å². The summed E-state index contributed by atoms with van der Waals surface area (Å²) in [5, 5.41) is 4.41. The van der Waals surface area contributed by atoms with Crippen LogP contribution in [0.3, 0.4) is 0 Å². The van der Waals surface area contributed by atoms with Crippen LogP contribution in [0.15, 0.2) is 0 Å². The van der Waals surface area contributed by atoms with Crippen molar-refractivity contribution < 1.29 is 9.47 Å². The van der Waals surface area contributed by atoms with Gasteiger partial charge in [0.1, 0.15) is 0 Å². The number of ether oxygens (including phenoxy) is 2. The third kappa shape index (κ3) is 1.79. The molecule has 0 bridgehead atoms. The smallest absolute Gasteiger partial charge is 0.188 e. The third-order valence-corrected chi connectivity index (χ3v) is 4.05. The molecule has 1 aromatic rings. The van der Waals surface area contributed by atoms with Crippen LogP contribution in [-0.4, -0.2) is 21.0 Å². The summed E-state index contributed by atoms with van der Waals surface area (Å²) in [5.74, 6) is 0. The Balaban J connectivity index is 2.39. The van der Waals surface area contributed by atoms with E-state index >= 15 is 0 Å². The van der Waals surface area contributed by atoms with Gasteiger partial charge in [0.25, 0.3) is 0 Å². The van der Waals surface area contributed by atoms with Crippen LogP contribution in [0.4, 0.5) is 0 Å². The minimum Gasteiger partial charge on any atom is -0.339 e. The van der Waals surface area contributed by atoms with Crippen molar-refractivity contribution in [3.63, 3.8) is 0 Å². The van der Waals surface area contributed by atoms with Crippen molar-refractivity contribution in [2.75, 3.05) is 0 Å². The maximum atomic E-state index is 6.05. The normalized spacial score (nSPS) is 23.2. The van der Waals surface area contributed by atoms with E-state index < -0.39 is 0 Å². The predicted molar refractivity (Wildman–Crippen MR) is 65.8 cm³/mol. The number of nitrogens with zero attached hydrogens (tertiary/aromatic N) is 2. The Morgan fingerprint density at radius 1 is 1.06 bits per heavy atom. The fraction of sp³-hybridized carbons (Fsp3) is 0.769. The standard InChI is InChI=1S/C13H22N2O2/c1-8-10(9(2)15(7)14-8)11-16-12(3,4)13(5,6)17-11/h11H,1-7H3. The molecule has 2 rings (SSSR count). The van der Waals surface area contributed by atoms with E-state index in [0.717, 1.165) is 17.0 Å². The van der Waals surface area contributed by atoms with Gasteiger partial charge in [0.2, 0.25) is 0 Å². The highest BCUT2D eigenvalue weighted by Crippen LogP contribution is 2.45. The zero-order valence-corrected chi connectivity index (χ0v) is 11.8. The molecule has 4 nitrogen and oxygen atoms in total. The molecule has 0 aliphatic carbocycles. The molecule has 96 valence electrons. The van der Waals surface area contributed by atoms with Gasteiger partial charge >= 0.3 is 0 Å². The van der Waals surface area contributed by atoms with Gasteiger partial charge in [-0.3, -0.25) is 4.68 Å². The first-order valence-electron chi connectivity index (χ1n) is 6.01. The molecule has 0 atom stereocenters. The minimum atomic E-state index is -0.311. The first-order valence-corrected chi connectivity index (χ1v) is 6.01. The molecule has 0 aromatic carbocycles. The van der Waals surface area contributed by atoms with Crippen LogP contribution in [0.25, 0.3) is 0 Å². The zero-order valence-electron chi connectivity index (χ0n) is 11.8. The molecule has 0 spiro atoms. The molecule has 17 heavy (non-hydrogen) atoms. The Labute approximate surface area is 103 Å². The average molecular weight is 238 g/mol. The summed E-state index contributed by atoms with van der Waals surface area (Å²) >= 11 is 0. The number of rotatable bonds is 1. The Morgan fingerprint density at radius 2 is 1.53 bits per heavy atom.